The molecular weight excluding hydrogens is 335 g/mol. The topological polar surface area (TPSA) is 75.7 Å². The molecule has 0 aromatic heterocycles. The van der Waals surface area contributed by atoms with Crippen LogP contribution in [0.2, 0.25) is 5.02 Å². The lowest BCUT2D eigenvalue weighted by Crippen LogP contribution is -2.30. The Bertz CT molecular complexity index is 675. The first-order chi connectivity index (χ1) is 10.3. The van der Waals surface area contributed by atoms with Gasteiger partial charge in [0.1, 0.15) is 0 Å². The van der Waals surface area contributed by atoms with Crippen molar-refractivity contribution in [2.45, 2.75) is 19.8 Å². The van der Waals surface area contributed by atoms with Crippen LogP contribution in [0.1, 0.15) is 19.8 Å². The van der Waals surface area contributed by atoms with Crippen molar-refractivity contribution in [1.29, 1.82) is 0 Å². The fourth-order valence-corrected chi connectivity index (χ4v) is 2.89. The lowest BCUT2D eigenvalue weighted by atomic mass is 10.3. The number of sulfonamides is 1. The lowest BCUT2D eigenvalue weighted by molar-refractivity contribution is 0.161. The van der Waals surface area contributed by atoms with E-state index in [1.165, 1.54) is 11.8 Å². The van der Waals surface area contributed by atoms with Crippen LogP contribution >= 0.6 is 11.6 Å². The van der Waals surface area contributed by atoms with E-state index < -0.39 is 21.9 Å². The van der Waals surface area contributed by atoms with Crippen LogP contribution in [0, 0.1) is 5.82 Å². The molecule has 1 saturated heterocycles. The predicted octanol–water partition coefficient (Wildman–Crippen LogP) is 2.84. The number of hydrogen-bond donors (Lipinski definition) is 1. The third-order valence-electron chi connectivity index (χ3n) is 3.23. The highest BCUT2D eigenvalue weighted by Gasteiger charge is 2.22. The van der Waals surface area contributed by atoms with Gasteiger partial charge in [0.2, 0.25) is 10.0 Å². The van der Waals surface area contributed by atoms with Crippen molar-refractivity contribution in [2.24, 2.45) is 0 Å². The molecule has 9 heteroatoms. The van der Waals surface area contributed by atoms with E-state index in [4.69, 9.17) is 16.3 Å². The van der Waals surface area contributed by atoms with Crippen molar-refractivity contribution in [3.05, 3.63) is 23.0 Å². The molecule has 122 valence electrons. The Morgan fingerprint density at radius 2 is 2.05 bits per heavy atom. The Hall–Kier alpha value is -1.54. The second kappa shape index (κ2) is 6.70. The molecule has 0 spiro atoms. The van der Waals surface area contributed by atoms with Gasteiger partial charge in [0, 0.05) is 19.2 Å². The quantitative estimate of drug-likeness (QED) is 0.906. The third kappa shape index (κ3) is 4.01. The Kier molecular flexibility index (Phi) is 5.12. The summed E-state index contributed by atoms with van der Waals surface area (Å²) in [5, 5.41) is -0.115. The van der Waals surface area contributed by atoms with Crippen molar-refractivity contribution in [3.8, 4) is 5.75 Å². The lowest BCUT2D eigenvalue weighted by Gasteiger charge is -2.16. The smallest absolute Gasteiger partial charge is 0.407 e. The van der Waals surface area contributed by atoms with Crippen molar-refractivity contribution in [1.82, 2.24) is 4.90 Å². The van der Waals surface area contributed by atoms with Gasteiger partial charge in [-0.15, -0.1) is 0 Å². The molecule has 0 atom stereocenters. The molecule has 2 rings (SSSR count). The predicted molar refractivity (Wildman–Crippen MR) is 81.3 cm³/mol. The number of likely N-dealkylation sites (tertiary alicyclic amines) is 1. The molecule has 1 heterocycles. The minimum atomic E-state index is -3.58. The third-order valence-corrected chi connectivity index (χ3v) is 4.83. The second-order valence-corrected chi connectivity index (χ2v) is 7.25. The maximum atomic E-state index is 13.8. The highest BCUT2D eigenvalue weighted by atomic mass is 35.5. The van der Waals surface area contributed by atoms with Gasteiger partial charge in [-0.1, -0.05) is 11.6 Å². The van der Waals surface area contributed by atoms with Crippen molar-refractivity contribution in [3.63, 3.8) is 0 Å². The summed E-state index contributed by atoms with van der Waals surface area (Å²) in [5.74, 6) is -1.36. The first-order valence-corrected chi connectivity index (χ1v) is 8.81. The summed E-state index contributed by atoms with van der Waals surface area (Å²) < 4.78 is 44.2. The summed E-state index contributed by atoms with van der Waals surface area (Å²) >= 11 is 5.81. The van der Waals surface area contributed by atoms with Crippen molar-refractivity contribution in [2.75, 3.05) is 23.6 Å². The summed E-state index contributed by atoms with van der Waals surface area (Å²) in [5.41, 5.74) is -0.0332. The normalized spacial score (nSPS) is 15.0. The summed E-state index contributed by atoms with van der Waals surface area (Å²) in [6.07, 6.45) is 1.09. The molecule has 0 aliphatic carbocycles. The van der Waals surface area contributed by atoms with E-state index in [1.807, 2.05) is 0 Å². The number of carbonyl (C=O) groups is 1. The van der Waals surface area contributed by atoms with E-state index >= 15 is 0 Å². The summed E-state index contributed by atoms with van der Waals surface area (Å²) in [6, 6.07) is 1.97. The van der Waals surface area contributed by atoms with E-state index in [2.05, 4.69) is 4.72 Å². The van der Waals surface area contributed by atoms with Gasteiger partial charge in [-0.05, 0) is 25.8 Å². The highest BCUT2D eigenvalue weighted by Crippen LogP contribution is 2.31. The van der Waals surface area contributed by atoms with Crippen LogP contribution in [0.5, 0.6) is 5.75 Å². The van der Waals surface area contributed by atoms with Crippen LogP contribution in [0.4, 0.5) is 14.9 Å². The average Bonchev–Trinajstić information content (AvgIpc) is 2.98. The number of halogens is 2. The standard InChI is InChI=1S/C13H16ClFN2O4S/c1-2-22(19,20)16-11-8-12(10(15)7-9(11)14)21-13(18)17-5-3-4-6-17/h7-8,16H,2-6H2,1H3. The maximum absolute atomic E-state index is 13.8. The molecule has 0 unspecified atom stereocenters. The second-order valence-electron chi connectivity index (χ2n) is 4.83. The van der Waals surface area contributed by atoms with Crippen molar-refractivity contribution >= 4 is 33.4 Å². The highest BCUT2D eigenvalue weighted by molar-refractivity contribution is 7.92. The molecule has 1 amide bonds. The van der Waals surface area contributed by atoms with Gasteiger partial charge < -0.3 is 9.64 Å². The molecule has 6 nitrogen and oxygen atoms in total. The zero-order valence-electron chi connectivity index (χ0n) is 11.9. The van der Waals surface area contributed by atoms with Crippen LogP contribution in [-0.4, -0.2) is 38.3 Å². The summed E-state index contributed by atoms with van der Waals surface area (Å²) in [7, 11) is -3.58. The molecule has 1 fully saturated rings. The molecule has 1 N–H and O–H groups in total. The van der Waals surface area contributed by atoms with E-state index in [0.717, 1.165) is 25.0 Å². The minimum Gasteiger partial charge on any atom is -0.407 e. The number of nitrogens with one attached hydrogen (secondary N) is 1. The molecule has 1 aliphatic heterocycles. The number of ether oxygens (including phenoxy) is 1. The average molecular weight is 351 g/mol. The van der Waals surface area contributed by atoms with Gasteiger partial charge in [0.25, 0.3) is 0 Å². The number of benzene rings is 1. The van der Waals surface area contributed by atoms with E-state index in [9.17, 15) is 17.6 Å². The number of carbonyl (C=O) groups excluding carboxylic acids is 1. The summed E-state index contributed by atoms with van der Waals surface area (Å²) in [4.78, 5) is 13.3. The molecule has 1 aliphatic rings. The Balaban J connectivity index is 2.22. The Morgan fingerprint density at radius 1 is 1.41 bits per heavy atom. The van der Waals surface area contributed by atoms with E-state index in [0.29, 0.717) is 13.1 Å². The molecule has 0 bridgehead atoms. The van der Waals surface area contributed by atoms with Gasteiger partial charge in [-0.25, -0.2) is 17.6 Å². The van der Waals surface area contributed by atoms with Crippen LogP contribution in [0.25, 0.3) is 0 Å². The van der Waals surface area contributed by atoms with Gasteiger partial charge in [-0.2, -0.15) is 0 Å². The van der Waals surface area contributed by atoms with Gasteiger partial charge in [-0.3, -0.25) is 4.72 Å². The van der Waals surface area contributed by atoms with Crippen LogP contribution in [-0.2, 0) is 10.0 Å². The van der Waals surface area contributed by atoms with Gasteiger partial charge in [0.15, 0.2) is 11.6 Å². The number of nitrogens with zero attached hydrogens (tertiary/aromatic N) is 1. The fourth-order valence-electron chi connectivity index (χ4n) is 1.98. The zero-order chi connectivity index (χ0) is 16.3. The van der Waals surface area contributed by atoms with Crippen molar-refractivity contribution < 1.29 is 22.3 Å². The molecule has 0 saturated carbocycles. The number of anilines is 1. The number of rotatable bonds is 4. The minimum absolute atomic E-state index is 0.0332. The number of hydrogen-bond acceptors (Lipinski definition) is 4. The Labute approximate surface area is 133 Å². The number of amides is 1. The SMILES string of the molecule is CCS(=O)(=O)Nc1cc(OC(=O)N2CCCC2)c(F)cc1Cl. The van der Waals surface area contributed by atoms with Crippen LogP contribution in [0.15, 0.2) is 12.1 Å². The first-order valence-electron chi connectivity index (χ1n) is 6.78. The molecule has 0 radical (unpaired) electrons. The molecule has 1 aromatic carbocycles. The van der Waals surface area contributed by atoms with E-state index in [-0.39, 0.29) is 22.2 Å². The molecule has 22 heavy (non-hydrogen) atoms. The molecular formula is C13H16ClFN2O4S. The first kappa shape index (κ1) is 16.8. The maximum Gasteiger partial charge on any atom is 0.415 e. The van der Waals surface area contributed by atoms with Crippen LogP contribution < -0.4 is 9.46 Å². The van der Waals surface area contributed by atoms with Gasteiger partial charge >= 0.3 is 6.09 Å². The van der Waals surface area contributed by atoms with Gasteiger partial charge in [0.05, 0.1) is 16.5 Å². The van der Waals surface area contributed by atoms with E-state index in [1.54, 1.807) is 0 Å². The molecule has 1 aromatic rings. The zero-order valence-corrected chi connectivity index (χ0v) is 13.5. The van der Waals surface area contributed by atoms with Crippen LogP contribution in [0.3, 0.4) is 0 Å². The Morgan fingerprint density at radius 3 is 2.64 bits per heavy atom. The largest absolute Gasteiger partial charge is 0.415 e. The monoisotopic (exact) mass is 350 g/mol. The summed E-state index contributed by atoms with van der Waals surface area (Å²) in [6.45, 7) is 2.57. The fraction of sp³-hybridized carbons (Fsp3) is 0.462.